The number of carbonyl (C=O) groups is 2. The quantitative estimate of drug-likeness (QED) is 0.256. The van der Waals surface area contributed by atoms with Crippen LogP contribution < -0.4 is 17.0 Å². The molecular weight excluding hydrogens is 606 g/mol. The number of esters is 2. The normalized spacial score (nSPS) is 44.0. The van der Waals surface area contributed by atoms with Gasteiger partial charge in [0.2, 0.25) is 0 Å². The molecule has 2 saturated heterocycles. The molecule has 6 rings (SSSR count). The summed E-state index contributed by atoms with van der Waals surface area (Å²) >= 11 is 0. The number of quaternary nitrogens is 1. The zero-order valence-electron chi connectivity index (χ0n) is 27.2. The van der Waals surface area contributed by atoms with Gasteiger partial charge < -0.3 is 30.9 Å². The van der Waals surface area contributed by atoms with Gasteiger partial charge in [0.15, 0.2) is 12.6 Å². The SMILES string of the molecule is CC(=O)OC1C([N+]2(CC#N)CCCCC2)CC2C3CCC4C[C@H](OC(C)=O)C(N5CCCCC5)CC4(C)C3CCC21C.[Br-]. The summed E-state index contributed by atoms with van der Waals surface area (Å²) in [5, 5.41) is 9.99. The largest absolute Gasteiger partial charge is 1.00 e. The molecule has 4 saturated carbocycles. The molecule has 0 N–H and O–H groups in total. The number of halogens is 1. The molecule has 43 heavy (non-hydrogen) atoms. The van der Waals surface area contributed by atoms with Crippen LogP contribution in [-0.4, -0.2) is 78.3 Å². The maximum absolute atomic E-state index is 12.6. The van der Waals surface area contributed by atoms with Crippen molar-refractivity contribution in [2.24, 2.45) is 34.5 Å². The zero-order chi connectivity index (χ0) is 29.7. The van der Waals surface area contributed by atoms with Gasteiger partial charge in [-0.2, -0.15) is 5.26 Å². The fourth-order valence-electron chi connectivity index (χ4n) is 12.0. The van der Waals surface area contributed by atoms with Crippen molar-refractivity contribution < 1.29 is 40.5 Å². The molecule has 2 aliphatic heterocycles. The first-order valence-electron chi connectivity index (χ1n) is 17.4. The Kier molecular flexibility index (Phi) is 9.97. The summed E-state index contributed by atoms with van der Waals surface area (Å²) < 4.78 is 13.3. The number of piperidine rings is 2. The van der Waals surface area contributed by atoms with Gasteiger partial charge in [0, 0.05) is 31.7 Å². The first-order chi connectivity index (χ1) is 20.1. The number of fused-ring (bicyclic) bond motifs is 5. The maximum atomic E-state index is 12.6. The van der Waals surface area contributed by atoms with Crippen LogP contribution in [-0.2, 0) is 19.1 Å². The number of nitriles is 1. The van der Waals surface area contributed by atoms with Crippen molar-refractivity contribution in [1.29, 1.82) is 5.26 Å². The Morgan fingerprint density at radius 2 is 1.56 bits per heavy atom. The van der Waals surface area contributed by atoms with Crippen molar-refractivity contribution in [3.05, 3.63) is 0 Å². The lowest BCUT2D eigenvalue weighted by atomic mass is 9.44. The highest BCUT2D eigenvalue weighted by Gasteiger charge is 2.67. The number of rotatable bonds is 5. The highest BCUT2D eigenvalue weighted by Crippen LogP contribution is 2.67. The van der Waals surface area contributed by atoms with Crippen LogP contribution in [0.5, 0.6) is 0 Å². The molecule has 6 fully saturated rings. The molecule has 0 aromatic carbocycles. The monoisotopic (exact) mass is 661 g/mol. The van der Waals surface area contributed by atoms with E-state index in [1.165, 1.54) is 57.8 Å². The van der Waals surface area contributed by atoms with Gasteiger partial charge in [-0.15, -0.1) is 0 Å². The molecule has 0 amide bonds. The van der Waals surface area contributed by atoms with Crippen molar-refractivity contribution >= 4 is 11.9 Å². The third-order valence-corrected chi connectivity index (χ3v) is 13.9. The Bertz CT molecular complexity index is 1070. The van der Waals surface area contributed by atoms with E-state index < -0.39 is 0 Å². The van der Waals surface area contributed by atoms with Gasteiger partial charge >= 0.3 is 11.9 Å². The molecule has 6 aliphatic rings. The van der Waals surface area contributed by atoms with E-state index in [4.69, 9.17) is 9.47 Å². The van der Waals surface area contributed by atoms with Crippen molar-refractivity contribution in [2.45, 2.75) is 135 Å². The minimum Gasteiger partial charge on any atom is -1.00 e. The highest BCUT2D eigenvalue weighted by atomic mass is 79.9. The average molecular weight is 663 g/mol. The van der Waals surface area contributed by atoms with Crippen LogP contribution in [0.15, 0.2) is 0 Å². The summed E-state index contributed by atoms with van der Waals surface area (Å²) in [7, 11) is 0. The van der Waals surface area contributed by atoms with Gasteiger partial charge in [0.05, 0.1) is 13.1 Å². The van der Waals surface area contributed by atoms with Gasteiger partial charge in [0.25, 0.3) is 0 Å². The van der Waals surface area contributed by atoms with E-state index in [1.54, 1.807) is 13.8 Å². The van der Waals surface area contributed by atoms with Crippen LogP contribution in [0, 0.1) is 45.8 Å². The van der Waals surface area contributed by atoms with E-state index in [1.807, 2.05) is 0 Å². The lowest BCUT2D eigenvalue weighted by Gasteiger charge is -2.62. The molecule has 0 aromatic rings. The molecular formula is C35H56BrN3O4. The van der Waals surface area contributed by atoms with E-state index in [0.717, 1.165) is 56.3 Å². The fraction of sp³-hybridized carbons (Fsp3) is 0.914. The second-order valence-corrected chi connectivity index (χ2v) is 15.8. The topological polar surface area (TPSA) is 79.6 Å². The molecule has 7 nitrogen and oxygen atoms in total. The summed E-state index contributed by atoms with van der Waals surface area (Å²) in [5.41, 5.74) is 0.210. The lowest BCUT2D eigenvalue weighted by Crippen LogP contribution is -3.00. The van der Waals surface area contributed by atoms with E-state index >= 15 is 0 Å². The molecule has 242 valence electrons. The molecule has 0 spiro atoms. The van der Waals surface area contributed by atoms with E-state index in [0.29, 0.717) is 36.3 Å². The van der Waals surface area contributed by atoms with Gasteiger partial charge in [-0.1, -0.05) is 20.3 Å². The van der Waals surface area contributed by atoms with E-state index in [9.17, 15) is 14.9 Å². The maximum Gasteiger partial charge on any atom is 0.303 e. The minimum atomic E-state index is -0.162. The molecule has 8 heteroatoms. The summed E-state index contributed by atoms with van der Waals surface area (Å²) in [5.74, 6) is 2.11. The van der Waals surface area contributed by atoms with Crippen molar-refractivity contribution in [2.75, 3.05) is 32.7 Å². The predicted octanol–water partition coefficient (Wildman–Crippen LogP) is 2.86. The summed E-state index contributed by atoms with van der Waals surface area (Å²) in [4.78, 5) is 27.5. The lowest BCUT2D eigenvalue weighted by molar-refractivity contribution is -0.951. The van der Waals surface area contributed by atoms with Crippen LogP contribution in [0.3, 0.4) is 0 Å². The molecule has 9 unspecified atom stereocenters. The van der Waals surface area contributed by atoms with Crippen molar-refractivity contribution in [1.82, 2.24) is 4.90 Å². The van der Waals surface area contributed by atoms with Gasteiger partial charge in [-0.05, 0) is 113 Å². The Morgan fingerprint density at radius 3 is 2.21 bits per heavy atom. The smallest absolute Gasteiger partial charge is 0.303 e. The van der Waals surface area contributed by atoms with Gasteiger partial charge in [-0.3, -0.25) is 14.5 Å². The van der Waals surface area contributed by atoms with Crippen LogP contribution in [0.4, 0.5) is 0 Å². The van der Waals surface area contributed by atoms with E-state index in [-0.39, 0.29) is 58.0 Å². The fourth-order valence-corrected chi connectivity index (χ4v) is 12.0. The second-order valence-electron chi connectivity index (χ2n) is 15.8. The number of carbonyl (C=O) groups excluding carboxylic acids is 2. The molecule has 0 bridgehead atoms. The molecule has 0 radical (unpaired) electrons. The zero-order valence-corrected chi connectivity index (χ0v) is 28.8. The first kappa shape index (κ1) is 33.2. The Hall–Kier alpha value is -1.17. The number of hydrogen-bond acceptors (Lipinski definition) is 6. The molecule has 2 heterocycles. The Labute approximate surface area is 270 Å². The molecule has 0 aromatic heterocycles. The number of ether oxygens (including phenoxy) is 2. The first-order valence-corrected chi connectivity index (χ1v) is 17.4. The van der Waals surface area contributed by atoms with Crippen molar-refractivity contribution in [3.8, 4) is 6.07 Å². The third kappa shape index (κ3) is 5.82. The Balaban J connectivity index is 0.00000368. The summed E-state index contributed by atoms with van der Waals surface area (Å²) in [6.07, 6.45) is 15.2. The van der Waals surface area contributed by atoms with Gasteiger partial charge in [-0.25, -0.2) is 0 Å². The van der Waals surface area contributed by atoms with Crippen molar-refractivity contribution in [3.63, 3.8) is 0 Å². The predicted molar refractivity (Wildman–Crippen MR) is 161 cm³/mol. The third-order valence-electron chi connectivity index (χ3n) is 13.9. The average Bonchev–Trinajstić information content (AvgIpc) is 3.26. The summed E-state index contributed by atoms with van der Waals surface area (Å²) in [6, 6.07) is 3.12. The molecule has 10 atom stereocenters. The number of likely N-dealkylation sites (tertiary alicyclic amines) is 2. The standard InChI is InChI=1S/C35H56N3O4.BrH/c1-24(39)41-32-21-26-11-12-27-28(35(26,4)23-30(32)37-16-7-5-8-17-37)13-14-34(3)29(27)22-31(33(34)42-25(2)40)38(20-15-36)18-9-6-10-19-38;/h26-33H,5-14,16-23H2,1-4H3;1H/q+1;/p-1/t26?,27?,28?,29?,30?,31?,32-,33?,34?,35?;/m0./s1. The van der Waals surface area contributed by atoms with E-state index in [2.05, 4.69) is 24.8 Å². The summed E-state index contributed by atoms with van der Waals surface area (Å²) in [6.45, 7) is 13.1. The Morgan fingerprint density at radius 1 is 0.884 bits per heavy atom. The number of hydrogen-bond donors (Lipinski definition) is 0. The van der Waals surface area contributed by atoms with Crippen LogP contribution >= 0.6 is 0 Å². The highest BCUT2D eigenvalue weighted by molar-refractivity contribution is 5.66. The second kappa shape index (κ2) is 12.9. The minimum absolute atomic E-state index is 0. The van der Waals surface area contributed by atoms with Crippen LogP contribution in [0.1, 0.15) is 111 Å². The van der Waals surface area contributed by atoms with Crippen LogP contribution in [0.2, 0.25) is 0 Å². The number of nitrogens with zero attached hydrogens (tertiary/aromatic N) is 3. The van der Waals surface area contributed by atoms with Gasteiger partial charge in [0.1, 0.15) is 18.2 Å². The van der Waals surface area contributed by atoms with Crippen LogP contribution in [0.25, 0.3) is 0 Å². The molecule has 4 aliphatic carbocycles.